The zero-order valence-electron chi connectivity index (χ0n) is 12.2. The van der Waals surface area contributed by atoms with Crippen LogP contribution >= 0.6 is 0 Å². The molecule has 110 valence electrons. The van der Waals surface area contributed by atoms with E-state index in [-0.39, 0.29) is 17.4 Å². The number of H-pyrrole nitrogens is 1. The number of hydrogen-bond acceptors (Lipinski definition) is 3. The van der Waals surface area contributed by atoms with Crippen molar-refractivity contribution < 1.29 is 5.11 Å². The predicted octanol–water partition coefficient (Wildman–Crippen LogP) is 3.03. The van der Waals surface area contributed by atoms with Gasteiger partial charge in [-0.15, -0.1) is 0 Å². The van der Waals surface area contributed by atoms with Crippen molar-refractivity contribution in [3.05, 3.63) is 57.1 Å². The average Bonchev–Trinajstić information content (AvgIpc) is 2.94. The number of aromatic hydroxyl groups is 1. The van der Waals surface area contributed by atoms with Gasteiger partial charge in [0.15, 0.2) is 0 Å². The van der Waals surface area contributed by atoms with Crippen LogP contribution < -0.4 is 5.56 Å². The van der Waals surface area contributed by atoms with Gasteiger partial charge in [-0.25, -0.2) is 0 Å². The molecule has 1 aromatic heterocycles. The summed E-state index contributed by atoms with van der Waals surface area (Å²) in [6.45, 7) is 2.03. The molecule has 0 spiro atoms. The van der Waals surface area contributed by atoms with Gasteiger partial charge in [0.1, 0.15) is 5.82 Å². The van der Waals surface area contributed by atoms with Crippen molar-refractivity contribution in [2.24, 2.45) is 0 Å². The number of rotatable bonds is 3. The number of nitrogens with zero attached hydrogens (tertiary/aromatic N) is 1. The second-order valence-electron chi connectivity index (χ2n) is 5.89. The van der Waals surface area contributed by atoms with E-state index in [4.69, 9.17) is 0 Å². The Hall–Kier alpha value is -2.10. The minimum Gasteiger partial charge on any atom is -0.493 e. The molecule has 0 atom stereocenters. The SMILES string of the molecule is Cc1ccc(Cc2nc(O)c(C3CCCC3)c(=O)[nH]2)cc1. The lowest BCUT2D eigenvalue weighted by Crippen LogP contribution is -2.19. The summed E-state index contributed by atoms with van der Waals surface area (Å²) in [5.41, 5.74) is 2.55. The van der Waals surface area contributed by atoms with E-state index in [2.05, 4.69) is 9.97 Å². The first-order chi connectivity index (χ1) is 10.1. The van der Waals surface area contributed by atoms with Crippen molar-refractivity contribution in [2.45, 2.75) is 44.9 Å². The van der Waals surface area contributed by atoms with E-state index in [0.717, 1.165) is 31.2 Å². The maximum absolute atomic E-state index is 12.2. The third-order valence-electron chi connectivity index (χ3n) is 4.24. The molecule has 0 saturated heterocycles. The molecule has 2 N–H and O–H groups in total. The number of aryl methyl sites for hydroxylation is 1. The van der Waals surface area contributed by atoms with Crippen molar-refractivity contribution in [1.29, 1.82) is 0 Å². The van der Waals surface area contributed by atoms with Crippen LogP contribution in [0.1, 0.15) is 54.1 Å². The van der Waals surface area contributed by atoms with Gasteiger partial charge in [0, 0.05) is 6.42 Å². The fourth-order valence-electron chi connectivity index (χ4n) is 3.08. The second-order valence-corrected chi connectivity index (χ2v) is 5.89. The van der Waals surface area contributed by atoms with Gasteiger partial charge in [-0.3, -0.25) is 4.79 Å². The van der Waals surface area contributed by atoms with Crippen LogP contribution in [0.3, 0.4) is 0 Å². The molecule has 3 rings (SSSR count). The summed E-state index contributed by atoms with van der Waals surface area (Å²) >= 11 is 0. The fourth-order valence-corrected chi connectivity index (χ4v) is 3.08. The molecular formula is C17H20N2O2. The Morgan fingerprint density at radius 2 is 1.90 bits per heavy atom. The largest absolute Gasteiger partial charge is 0.493 e. The third-order valence-corrected chi connectivity index (χ3v) is 4.24. The number of aromatic nitrogens is 2. The van der Waals surface area contributed by atoms with E-state index in [9.17, 15) is 9.90 Å². The van der Waals surface area contributed by atoms with Gasteiger partial charge >= 0.3 is 0 Å². The first-order valence-corrected chi connectivity index (χ1v) is 7.51. The topological polar surface area (TPSA) is 66.0 Å². The van der Waals surface area contributed by atoms with E-state index in [0.29, 0.717) is 17.8 Å². The highest BCUT2D eigenvalue weighted by molar-refractivity contribution is 5.29. The van der Waals surface area contributed by atoms with Gasteiger partial charge < -0.3 is 10.1 Å². The van der Waals surface area contributed by atoms with Crippen LogP contribution in [0.4, 0.5) is 0 Å². The van der Waals surface area contributed by atoms with Crippen molar-refractivity contribution in [3.63, 3.8) is 0 Å². The Kier molecular flexibility index (Phi) is 3.78. The summed E-state index contributed by atoms with van der Waals surface area (Å²) in [5.74, 6) is 0.588. The molecule has 0 unspecified atom stereocenters. The summed E-state index contributed by atoms with van der Waals surface area (Å²) in [7, 11) is 0. The Bertz CT molecular complexity index is 683. The molecule has 4 nitrogen and oxygen atoms in total. The second kappa shape index (κ2) is 5.72. The van der Waals surface area contributed by atoms with E-state index in [1.807, 2.05) is 31.2 Å². The molecular weight excluding hydrogens is 264 g/mol. The van der Waals surface area contributed by atoms with E-state index >= 15 is 0 Å². The minimum absolute atomic E-state index is 0.0900. The molecule has 1 saturated carbocycles. The number of benzene rings is 1. The van der Waals surface area contributed by atoms with Gasteiger partial charge in [-0.1, -0.05) is 42.7 Å². The molecule has 21 heavy (non-hydrogen) atoms. The van der Waals surface area contributed by atoms with Crippen LogP contribution in [0.15, 0.2) is 29.1 Å². The highest BCUT2D eigenvalue weighted by atomic mass is 16.3. The van der Waals surface area contributed by atoms with Gasteiger partial charge in [-0.2, -0.15) is 4.98 Å². The standard InChI is InChI=1S/C17H20N2O2/c1-11-6-8-12(9-7-11)10-14-18-16(20)15(17(21)19-14)13-4-2-3-5-13/h6-9,13H,2-5,10H2,1H3,(H2,18,19,20,21). The zero-order valence-corrected chi connectivity index (χ0v) is 12.2. The quantitative estimate of drug-likeness (QED) is 0.910. The first-order valence-electron chi connectivity index (χ1n) is 7.51. The molecule has 4 heteroatoms. The fraction of sp³-hybridized carbons (Fsp3) is 0.412. The van der Waals surface area contributed by atoms with Crippen LogP contribution in [0, 0.1) is 6.92 Å². The first kappa shape index (κ1) is 13.9. The van der Waals surface area contributed by atoms with Crippen molar-refractivity contribution >= 4 is 0 Å². The summed E-state index contributed by atoms with van der Waals surface area (Å²) in [5, 5.41) is 10.1. The highest BCUT2D eigenvalue weighted by Crippen LogP contribution is 2.35. The monoisotopic (exact) mass is 284 g/mol. The Labute approximate surface area is 123 Å². The molecule has 0 aliphatic heterocycles. The van der Waals surface area contributed by atoms with E-state index < -0.39 is 0 Å². The maximum Gasteiger partial charge on any atom is 0.258 e. The molecule has 0 bridgehead atoms. The number of nitrogens with one attached hydrogen (secondary N) is 1. The minimum atomic E-state index is -0.184. The van der Waals surface area contributed by atoms with Gasteiger partial charge in [0.05, 0.1) is 5.56 Å². The molecule has 1 aromatic carbocycles. The van der Waals surface area contributed by atoms with Crippen LogP contribution in [0.2, 0.25) is 0 Å². The van der Waals surface area contributed by atoms with Gasteiger partial charge in [0.25, 0.3) is 5.56 Å². The summed E-state index contributed by atoms with van der Waals surface area (Å²) in [6.07, 6.45) is 4.70. The van der Waals surface area contributed by atoms with Crippen molar-refractivity contribution in [2.75, 3.05) is 0 Å². The predicted molar refractivity (Wildman–Crippen MR) is 81.7 cm³/mol. The maximum atomic E-state index is 12.2. The molecule has 1 heterocycles. The normalized spacial score (nSPS) is 15.5. The molecule has 1 fully saturated rings. The summed E-state index contributed by atoms with van der Waals surface area (Å²) < 4.78 is 0. The Morgan fingerprint density at radius 1 is 1.24 bits per heavy atom. The molecule has 0 amide bonds. The lowest BCUT2D eigenvalue weighted by atomic mass is 10.00. The Balaban J connectivity index is 1.87. The number of hydrogen-bond donors (Lipinski definition) is 2. The highest BCUT2D eigenvalue weighted by Gasteiger charge is 2.24. The van der Waals surface area contributed by atoms with Crippen LogP contribution in [0.25, 0.3) is 0 Å². The van der Waals surface area contributed by atoms with Gasteiger partial charge in [0.2, 0.25) is 5.88 Å². The zero-order chi connectivity index (χ0) is 14.8. The van der Waals surface area contributed by atoms with Crippen molar-refractivity contribution in [3.8, 4) is 5.88 Å². The van der Waals surface area contributed by atoms with Crippen LogP contribution in [-0.2, 0) is 6.42 Å². The van der Waals surface area contributed by atoms with Crippen LogP contribution in [0.5, 0.6) is 5.88 Å². The van der Waals surface area contributed by atoms with Crippen LogP contribution in [-0.4, -0.2) is 15.1 Å². The molecule has 1 aliphatic carbocycles. The van der Waals surface area contributed by atoms with Gasteiger partial charge in [-0.05, 0) is 31.2 Å². The lowest BCUT2D eigenvalue weighted by molar-refractivity contribution is 0.432. The molecule has 1 aliphatic rings. The average molecular weight is 284 g/mol. The lowest BCUT2D eigenvalue weighted by Gasteiger charge is -2.11. The summed E-state index contributed by atoms with van der Waals surface area (Å²) in [4.78, 5) is 19.3. The Morgan fingerprint density at radius 3 is 2.52 bits per heavy atom. The summed E-state index contributed by atoms with van der Waals surface area (Å²) in [6, 6.07) is 8.08. The number of aromatic amines is 1. The van der Waals surface area contributed by atoms with Crippen molar-refractivity contribution in [1.82, 2.24) is 9.97 Å². The molecule has 2 aromatic rings. The van der Waals surface area contributed by atoms with E-state index in [1.165, 1.54) is 5.56 Å². The smallest absolute Gasteiger partial charge is 0.258 e. The van der Waals surface area contributed by atoms with E-state index in [1.54, 1.807) is 0 Å². The third kappa shape index (κ3) is 2.99. The molecule has 0 radical (unpaired) electrons.